The van der Waals surface area contributed by atoms with Gasteiger partial charge in [0.2, 0.25) is 0 Å². The number of nitrogens with one attached hydrogen (secondary N) is 1. The molecule has 0 amide bonds. The van der Waals surface area contributed by atoms with Crippen molar-refractivity contribution in [2.24, 2.45) is 0 Å². The second-order valence-corrected chi connectivity index (χ2v) is 6.91. The molecule has 0 bridgehead atoms. The molecule has 0 atom stereocenters. The van der Waals surface area contributed by atoms with E-state index in [0.717, 1.165) is 30.4 Å². The number of halogens is 3. The van der Waals surface area contributed by atoms with Crippen molar-refractivity contribution in [3.05, 3.63) is 55.4 Å². The summed E-state index contributed by atoms with van der Waals surface area (Å²) in [6.07, 6.45) is 5.25. The van der Waals surface area contributed by atoms with E-state index >= 15 is 0 Å². The average molecular weight is 474 g/mol. The van der Waals surface area contributed by atoms with Gasteiger partial charge >= 0.3 is 0 Å². The largest absolute Gasteiger partial charge is 0.481 e. The summed E-state index contributed by atoms with van der Waals surface area (Å²) in [6, 6.07) is 11.9. The highest BCUT2D eigenvalue weighted by molar-refractivity contribution is 9.11. The van der Waals surface area contributed by atoms with Gasteiger partial charge in [0, 0.05) is 31.2 Å². The highest BCUT2D eigenvalue weighted by Crippen LogP contribution is 2.29. The van der Waals surface area contributed by atoms with Gasteiger partial charge in [-0.05, 0) is 52.3 Å². The zero-order valence-corrected chi connectivity index (χ0v) is 15.8. The Kier molecular flexibility index (Phi) is 6.16. The van der Waals surface area contributed by atoms with Gasteiger partial charge in [0.05, 0.1) is 0 Å². The number of terminal acetylenes is 1. The smallest absolute Gasteiger partial charge is 0.148 e. The van der Waals surface area contributed by atoms with Crippen LogP contribution in [0.2, 0.25) is 0 Å². The molecule has 0 aliphatic carbocycles. The van der Waals surface area contributed by atoms with Gasteiger partial charge in [-0.15, -0.1) is 6.42 Å². The number of hydrogen-bond acceptors (Lipinski definition) is 2. The molecular formula is C16H12Br3NO. The molecule has 0 spiro atoms. The highest BCUT2D eigenvalue weighted by atomic mass is 79.9. The lowest BCUT2D eigenvalue weighted by molar-refractivity contribution is 0.366. The topological polar surface area (TPSA) is 21.3 Å². The number of hydrogen-bond donors (Lipinski definition) is 1. The van der Waals surface area contributed by atoms with Crippen molar-refractivity contribution >= 4 is 53.5 Å². The van der Waals surface area contributed by atoms with Crippen LogP contribution in [0.15, 0.2) is 49.8 Å². The third kappa shape index (κ3) is 4.77. The molecule has 5 heteroatoms. The van der Waals surface area contributed by atoms with Crippen LogP contribution in [0.1, 0.15) is 5.56 Å². The van der Waals surface area contributed by atoms with E-state index in [9.17, 15) is 0 Å². The Labute approximate surface area is 149 Å². The molecule has 2 nitrogen and oxygen atoms in total. The van der Waals surface area contributed by atoms with Crippen LogP contribution in [0.3, 0.4) is 0 Å². The molecule has 108 valence electrons. The van der Waals surface area contributed by atoms with E-state index in [0.29, 0.717) is 6.54 Å². The molecule has 0 saturated heterocycles. The van der Waals surface area contributed by atoms with Crippen LogP contribution in [-0.2, 0) is 6.54 Å². The molecule has 0 saturated carbocycles. The lowest BCUT2D eigenvalue weighted by Gasteiger charge is -2.13. The van der Waals surface area contributed by atoms with Gasteiger partial charge in [-0.2, -0.15) is 0 Å². The first-order chi connectivity index (χ1) is 10.1. The first-order valence-corrected chi connectivity index (χ1v) is 8.51. The summed E-state index contributed by atoms with van der Waals surface area (Å²) in [6.45, 7) is 0.892. The fourth-order valence-corrected chi connectivity index (χ4v) is 2.93. The zero-order valence-electron chi connectivity index (χ0n) is 11.0. The van der Waals surface area contributed by atoms with Crippen LogP contribution in [0.25, 0.3) is 0 Å². The van der Waals surface area contributed by atoms with E-state index in [-0.39, 0.29) is 6.61 Å². The first-order valence-electron chi connectivity index (χ1n) is 6.14. The predicted octanol–water partition coefficient (Wildman–Crippen LogP) is 5.60. The maximum Gasteiger partial charge on any atom is 0.148 e. The number of ether oxygens (including phenoxy) is 1. The van der Waals surface area contributed by atoms with Crippen LogP contribution in [0.5, 0.6) is 5.75 Å². The van der Waals surface area contributed by atoms with Crippen molar-refractivity contribution in [2.45, 2.75) is 6.54 Å². The quantitative estimate of drug-likeness (QED) is 0.571. The van der Waals surface area contributed by atoms with Crippen molar-refractivity contribution in [1.82, 2.24) is 0 Å². The standard InChI is InChI=1S/C16H12Br3NO/c1-2-7-21-16-6-4-12(17)8-11(16)10-20-15-9-13(18)3-5-14(15)19/h1,3-6,8-9,20H,7,10H2. The average Bonchev–Trinajstić information content (AvgIpc) is 2.47. The SMILES string of the molecule is C#CCOc1ccc(Br)cc1CNc1cc(Br)ccc1Br. The van der Waals surface area contributed by atoms with Gasteiger partial charge in [-0.25, -0.2) is 0 Å². The lowest BCUT2D eigenvalue weighted by atomic mass is 10.2. The molecule has 0 unspecified atom stereocenters. The molecule has 2 aromatic rings. The van der Waals surface area contributed by atoms with E-state index in [1.807, 2.05) is 36.4 Å². The fourth-order valence-electron chi connectivity index (χ4n) is 1.77. The van der Waals surface area contributed by atoms with Gasteiger partial charge in [-0.3, -0.25) is 0 Å². The number of rotatable bonds is 5. The van der Waals surface area contributed by atoms with Crippen LogP contribution < -0.4 is 10.1 Å². The third-order valence-corrected chi connectivity index (χ3v) is 4.41. The summed E-state index contributed by atoms with van der Waals surface area (Å²) in [5.41, 5.74) is 2.04. The predicted molar refractivity (Wildman–Crippen MR) is 97.6 cm³/mol. The number of anilines is 1. The fraction of sp³-hybridized carbons (Fsp3) is 0.125. The van der Waals surface area contributed by atoms with Gasteiger partial charge in [0.25, 0.3) is 0 Å². The van der Waals surface area contributed by atoms with Crippen LogP contribution in [0.4, 0.5) is 5.69 Å². The summed E-state index contributed by atoms with van der Waals surface area (Å²) in [7, 11) is 0. The van der Waals surface area contributed by atoms with E-state index in [2.05, 4.69) is 59.0 Å². The minimum atomic E-state index is 0.259. The van der Waals surface area contributed by atoms with Crippen molar-refractivity contribution in [1.29, 1.82) is 0 Å². The van der Waals surface area contributed by atoms with Gasteiger partial charge in [-0.1, -0.05) is 37.8 Å². The third-order valence-electron chi connectivity index (χ3n) is 2.73. The minimum absolute atomic E-state index is 0.259. The maximum absolute atomic E-state index is 5.57. The summed E-state index contributed by atoms with van der Waals surface area (Å²) in [5.74, 6) is 3.27. The maximum atomic E-state index is 5.57. The van der Waals surface area contributed by atoms with Crippen molar-refractivity contribution in [3.8, 4) is 18.1 Å². The Morgan fingerprint density at radius 3 is 2.52 bits per heavy atom. The van der Waals surface area contributed by atoms with E-state index in [4.69, 9.17) is 11.2 Å². The molecule has 0 aliphatic heterocycles. The molecule has 0 heterocycles. The van der Waals surface area contributed by atoms with Crippen LogP contribution in [-0.4, -0.2) is 6.61 Å². The molecule has 0 aromatic heterocycles. The van der Waals surface area contributed by atoms with Crippen molar-refractivity contribution in [3.63, 3.8) is 0 Å². The summed E-state index contributed by atoms with van der Waals surface area (Å²) in [4.78, 5) is 0. The zero-order chi connectivity index (χ0) is 15.2. The Hall–Kier alpha value is -0.960. The van der Waals surface area contributed by atoms with Crippen LogP contribution >= 0.6 is 47.8 Å². The van der Waals surface area contributed by atoms with E-state index in [1.54, 1.807) is 0 Å². The summed E-state index contributed by atoms with van der Waals surface area (Å²) >= 11 is 10.5. The first kappa shape index (κ1) is 16.4. The molecule has 0 aliphatic rings. The van der Waals surface area contributed by atoms with E-state index < -0.39 is 0 Å². The monoisotopic (exact) mass is 471 g/mol. The van der Waals surface area contributed by atoms with Gasteiger partial charge in [0.1, 0.15) is 12.4 Å². The Morgan fingerprint density at radius 1 is 1.05 bits per heavy atom. The summed E-state index contributed by atoms with van der Waals surface area (Å²) in [5, 5.41) is 3.38. The normalized spacial score (nSPS) is 10.0. The van der Waals surface area contributed by atoms with Crippen LogP contribution in [0, 0.1) is 12.3 Å². The lowest BCUT2D eigenvalue weighted by Crippen LogP contribution is -2.04. The van der Waals surface area contributed by atoms with Gasteiger partial charge in [0.15, 0.2) is 0 Å². The van der Waals surface area contributed by atoms with Gasteiger partial charge < -0.3 is 10.1 Å². The minimum Gasteiger partial charge on any atom is -0.481 e. The summed E-state index contributed by atoms with van der Waals surface area (Å²) < 4.78 is 8.59. The molecule has 21 heavy (non-hydrogen) atoms. The Morgan fingerprint density at radius 2 is 1.76 bits per heavy atom. The second-order valence-electron chi connectivity index (χ2n) is 4.22. The Balaban J connectivity index is 2.17. The molecule has 2 rings (SSSR count). The Bertz CT molecular complexity index is 680. The molecule has 0 radical (unpaired) electrons. The van der Waals surface area contributed by atoms with Crippen molar-refractivity contribution in [2.75, 3.05) is 11.9 Å². The molecule has 0 fully saturated rings. The number of benzene rings is 2. The second kappa shape index (κ2) is 7.88. The highest BCUT2D eigenvalue weighted by Gasteiger charge is 2.06. The van der Waals surface area contributed by atoms with Crippen molar-refractivity contribution < 1.29 is 4.74 Å². The molecular weight excluding hydrogens is 462 g/mol. The molecule has 1 N–H and O–H groups in total. The van der Waals surface area contributed by atoms with E-state index in [1.165, 1.54) is 0 Å². The molecule has 2 aromatic carbocycles.